The Morgan fingerprint density at radius 3 is 2.59 bits per heavy atom. The van der Waals surface area contributed by atoms with Gasteiger partial charge in [0.05, 0.1) is 18.0 Å². The molecule has 162 valence electrons. The molecule has 2 rings (SSSR count). The summed E-state index contributed by atoms with van der Waals surface area (Å²) >= 11 is 0.908. The van der Waals surface area contributed by atoms with E-state index >= 15 is 0 Å². The highest BCUT2D eigenvalue weighted by molar-refractivity contribution is 14.0. The number of alkyl halides is 3. The van der Waals surface area contributed by atoms with Gasteiger partial charge < -0.3 is 10.6 Å². The third-order valence-electron chi connectivity index (χ3n) is 3.49. The summed E-state index contributed by atoms with van der Waals surface area (Å²) in [6.45, 7) is 2.67. The summed E-state index contributed by atoms with van der Waals surface area (Å²) in [6, 6.07) is 6.33. The fourth-order valence-corrected chi connectivity index (χ4v) is 3.66. The molecule has 0 amide bonds. The molecule has 2 aromatic rings. The van der Waals surface area contributed by atoms with Gasteiger partial charge in [-0.05, 0) is 31.7 Å². The molecule has 29 heavy (non-hydrogen) atoms. The number of aliphatic imine (C=N–C) groups is 1. The smallest absolute Gasteiger partial charge is 0.357 e. The van der Waals surface area contributed by atoms with Gasteiger partial charge >= 0.3 is 6.18 Å². The highest BCUT2D eigenvalue weighted by atomic mass is 127. The van der Waals surface area contributed by atoms with Gasteiger partial charge in [0.1, 0.15) is 5.01 Å². The number of rotatable bonds is 7. The second-order valence-corrected chi connectivity index (χ2v) is 8.36. The minimum Gasteiger partial charge on any atom is -0.357 e. The van der Waals surface area contributed by atoms with Gasteiger partial charge in [0.25, 0.3) is 0 Å². The van der Waals surface area contributed by atoms with Crippen LogP contribution in [-0.2, 0) is 29.3 Å². The number of guanidine groups is 1. The maximum Gasteiger partial charge on any atom is 0.434 e. The van der Waals surface area contributed by atoms with E-state index in [1.165, 1.54) is 19.2 Å². The molecule has 1 heterocycles. The van der Waals surface area contributed by atoms with Crippen molar-refractivity contribution in [2.45, 2.75) is 31.1 Å². The van der Waals surface area contributed by atoms with E-state index in [-0.39, 0.29) is 47.0 Å². The maximum atomic E-state index is 12.6. The summed E-state index contributed by atoms with van der Waals surface area (Å²) < 4.78 is 63.8. The molecule has 0 aliphatic rings. The molecule has 0 spiro atoms. The normalized spacial score (nSPS) is 12.4. The van der Waals surface area contributed by atoms with Crippen molar-refractivity contribution >= 4 is 51.3 Å². The number of thiazole rings is 1. The van der Waals surface area contributed by atoms with Crippen molar-refractivity contribution in [2.75, 3.05) is 13.6 Å². The van der Waals surface area contributed by atoms with E-state index in [4.69, 9.17) is 0 Å². The summed E-state index contributed by atoms with van der Waals surface area (Å²) in [5, 5.41) is 7.14. The molecule has 1 aromatic heterocycles. The van der Waals surface area contributed by atoms with Crippen LogP contribution in [0.1, 0.15) is 23.2 Å². The Morgan fingerprint density at radius 1 is 1.28 bits per heavy atom. The van der Waals surface area contributed by atoms with Crippen molar-refractivity contribution in [1.29, 1.82) is 0 Å². The van der Waals surface area contributed by atoms with Crippen LogP contribution in [0.4, 0.5) is 13.2 Å². The molecule has 1 aromatic carbocycles. The number of sulfonamides is 1. The molecule has 0 bridgehead atoms. The second kappa shape index (κ2) is 11.1. The molecule has 7 nitrogen and oxygen atoms in total. The van der Waals surface area contributed by atoms with E-state index in [1.54, 1.807) is 12.1 Å². The predicted octanol–water partition coefficient (Wildman–Crippen LogP) is 2.94. The Kier molecular flexibility index (Phi) is 9.78. The first kappa shape index (κ1) is 25.6. The Balaban J connectivity index is 0.00000420. The SMILES string of the molecule is CCNC(=NCc1cccc(S(=O)(=O)NC)c1)NCc1nc(C(F)(F)F)cs1.I. The van der Waals surface area contributed by atoms with Gasteiger partial charge in [0, 0.05) is 11.9 Å². The molecular weight excluding hydrogens is 542 g/mol. The minimum atomic E-state index is -4.47. The van der Waals surface area contributed by atoms with Crippen LogP contribution in [0.3, 0.4) is 0 Å². The van der Waals surface area contributed by atoms with Crippen LogP contribution in [0.2, 0.25) is 0 Å². The molecule has 3 N–H and O–H groups in total. The maximum absolute atomic E-state index is 12.6. The lowest BCUT2D eigenvalue weighted by Gasteiger charge is -2.10. The van der Waals surface area contributed by atoms with Crippen molar-refractivity contribution in [1.82, 2.24) is 20.3 Å². The van der Waals surface area contributed by atoms with Crippen LogP contribution in [0, 0.1) is 0 Å². The number of nitrogens with zero attached hydrogens (tertiary/aromatic N) is 2. The number of hydrogen-bond donors (Lipinski definition) is 3. The Hall–Kier alpha value is -1.45. The van der Waals surface area contributed by atoms with E-state index in [1.807, 2.05) is 6.92 Å². The highest BCUT2D eigenvalue weighted by Gasteiger charge is 2.33. The summed E-state index contributed by atoms with van der Waals surface area (Å²) in [5.41, 5.74) is -0.249. The van der Waals surface area contributed by atoms with E-state index in [0.717, 1.165) is 16.7 Å². The standard InChI is InChI=1S/C16H20F3N5O2S2.HI/c1-3-21-15(23-9-14-24-13(10-27-14)16(17,18)19)22-8-11-5-4-6-12(7-11)28(25,26)20-2;/h4-7,10,20H,3,8-9H2,1-2H3,(H2,21,22,23);1H. The molecule has 0 radical (unpaired) electrons. The second-order valence-electron chi connectivity index (χ2n) is 5.53. The molecule has 0 saturated heterocycles. The van der Waals surface area contributed by atoms with Crippen LogP contribution in [0.25, 0.3) is 0 Å². The van der Waals surface area contributed by atoms with Gasteiger partial charge in [-0.15, -0.1) is 35.3 Å². The third-order valence-corrected chi connectivity index (χ3v) is 5.75. The van der Waals surface area contributed by atoms with Gasteiger partial charge in [-0.1, -0.05) is 12.1 Å². The van der Waals surface area contributed by atoms with Gasteiger partial charge in [-0.25, -0.2) is 23.1 Å². The van der Waals surface area contributed by atoms with Gasteiger partial charge in [-0.3, -0.25) is 0 Å². The first-order valence-corrected chi connectivity index (χ1v) is 10.6. The average Bonchev–Trinajstić information content (AvgIpc) is 3.14. The van der Waals surface area contributed by atoms with Crippen LogP contribution >= 0.6 is 35.3 Å². The zero-order chi connectivity index (χ0) is 20.8. The third kappa shape index (κ3) is 7.71. The first-order valence-electron chi connectivity index (χ1n) is 8.22. The number of halogens is 4. The van der Waals surface area contributed by atoms with Crippen molar-refractivity contribution in [3.8, 4) is 0 Å². The van der Waals surface area contributed by atoms with E-state index in [9.17, 15) is 21.6 Å². The highest BCUT2D eigenvalue weighted by Crippen LogP contribution is 2.29. The monoisotopic (exact) mass is 563 g/mol. The fraction of sp³-hybridized carbons (Fsp3) is 0.375. The summed E-state index contributed by atoms with van der Waals surface area (Å²) in [6.07, 6.45) is -4.47. The fourth-order valence-electron chi connectivity index (χ4n) is 2.12. The van der Waals surface area contributed by atoms with Crippen molar-refractivity contribution < 1.29 is 21.6 Å². The zero-order valence-electron chi connectivity index (χ0n) is 15.6. The van der Waals surface area contributed by atoms with E-state index in [0.29, 0.717) is 18.1 Å². The van der Waals surface area contributed by atoms with Crippen LogP contribution in [0.5, 0.6) is 0 Å². The average molecular weight is 563 g/mol. The summed E-state index contributed by atoms with van der Waals surface area (Å²) in [5.74, 6) is 0.383. The first-order chi connectivity index (χ1) is 13.2. The topological polar surface area (TPSA) is 95.5 Å². The molecule has 13 heteroatoms. The van der Waals surface area contributed by atoms with Gasteiger partial charge in [-0.2, -0.15) is 13.2 Å². The van der Waals surface area contributed by atoms with Crippen molar-refractivity contribution in [3.63, 3.8) is 0 Å². The number of nitrogens with one attached hydrogen (secondary N) is 3. The minimum absolute atomic E-state index is 0. The molecule has 0 atom stereocenters. The van der Waals surface area contributed by atoms with Crippen molar-refractivity contribution in [3.05, 3.63) is 45.9 Å². The largest absolute Gasteiger partial charge is 0.434 e. The predicted molar refractivity (Wildman–Crippen MR) is 117 cm³/mol. The Bertz CT molecular complexity index is 933. The lowest BCUT2D eigenvalue weighted by Crippen LogP contribution is -2.36. The van der Waals surface area contributed by atoms with Gasteiger partial charge in [0.15, 0.2) is 11.7 Å². The van der Waals surface area contributed by atoms with E-state index in [2.05, 4.69) is 25.3 Å². The molecule has 0 fully saturated rings. The molecule has 0 unspecified atom stereocenters. The van der Waals surface area contributed by atoms with E-state index < -0.39 is 21.9 Å². The lowest BCUT2D eigenvalue weighted by molar-refractivity contribution is -0.140. The van der Waals surface area contributed by atoms with Crippen LogP contribution in [-0.4, -0.2) is 33.0 Å². The zero-order valence-corrected chi connectivity index (χ0v) is 19.5. The molecular formula is C16H21F3IN5O2S2. The Morgan fingerprint density at radius 2 is 2.00 bits per heavy atom. The quantitative estimate of drug-likeness (QED) is 0.274. The summed E-state index contributed by atoms with van der Waals surface area (Å²) in [7, 11) is -2.22. The summed E-state index contributed by atoms with van der Waals surface area (Å²) in [4.78, 5) is 8.02. The number of aromatic nitrogens is 1. The van der Waals surface area contributed by atoms with Gasteiger partial charge in [0.2, 0.25) is 10.0 Å². The van der Waals surface area contributed by atoms with Crippen LogP contribution in [0.15, 0.2) is 39.5 Å². The lowest BCUT2D eigenvalue weighted by atomic mass is 10.2. The van der Waals surface area contributed by atoms with Crippen molar-refractivity contribution in [2.24, 2.45) is 4.99 Å². The molecule has 0 saturated carbocycles. The number of hydrogen-bond acceptors (Lipinski definition) is 5. The van der Waals surface area contributed by atoms with Crippen LogP contribution < -0.4 is 15.4 Å². The molecule has 0 aliphatic heterocycles. The Labute approximate surface area is 188 Å². The molecule has 0 aliphatic carbocycles. The number of benzene rings is 1.